The van der Waals surface area contributed by atoms with Crippen molar-refractivity contribution in [2.24, 2.45) is 0 Å². The Morgan fingerprint density at radius 1 is 0.864 bits per heavy atom. The van der Waals surface area contributed by atoms with Crippen molar-refractivity contribution in [1.82, 2.24) is 0 Å². The van der Waals surface area contributed by atoms with Crippen LogP contribution in [0.25, 0.3) is 33.2 Å². The third-order valence-electron chi connectivity index (χ3n) is 3.91. The zero-order chi connectivity index (χ0) is 15.7. The molecule has 0 saturated heterocycles. The van der Waals surface area contributed by atoms with Gasteiger partial charge in [0.15, 0.2) is 0 Å². The van der Waals surface area contributed by atoms with Crippen molar-refractivity contribution in [2.45, 2.75) is 12.8 Å². The summed E-state index contributed by atoms with van der Waals surface area (Å²) in [7, 11) is 0. The Bertz CT molecular complexity index is 936. The standard InChI is InChI=1S/C18H8N4/c1-21-15(9-19)17-11-5-3-7-13(11)18(16(10-20)22-2)14-8-4-6-12(14)17/h3-5,8H,6-7H2/b17-15-,18-16-. The molecule has 4 heteroatoms. The zero-order valence-corrected chi connectivity index (χ0v) is 11.5. The number of hydrogen-bond donors (Lipinski definition) is 0. The summed E-state index contributed by atoms with van der Waals surface area (Å²) in [5, 5.41) is 19.8. The van der Waals surface area contributed by atoms with Gasteiger partial charge in [0.05, 0.1) is 25.3 Å². The summed E-state index contributed by atoms with van der Waals surface area (Å²) in [5.74, 6) is 0. The van der Waals surface area contributed by atoms with Gasteiger partial charge in [0.2, 0.25) is 0 Å². The van der Waals surface area contributed by atoms with Crippen molar-refractivity contribution in [1.29, 1.82) is 10.5 Å². The van der Waals surface area contributed by atoms with Gasteiger partial charge in [0.25, 0.3) is 11.4 Å². The van der Waals surface area contributed by atoms with Gasteiger partial charge in [-0.2, -0.15) is 0 Å². The van der Waals surface area contributed by atoms with E-state index in [1.54, 1.807) is 0 Å². The highest BCUT2D eigenvalue weighted by Gasteiger charge is 2.21. The number of fused-ring (bicyclic) bond motifs is 2. The summed E-state index contributed by atoms with van der Waals surface area (Å²) in [6.45, 7) is 14.5. The Labute approximate surface area is 127 Å². The number of nitrogens with zero attached hydrogens (tertiary/aromatic N) is 4. The van der Waals surface area contributed by atoms with E-state index >= 15 is 0 Å². The quantitative estimate of drug-likeness (QED) is 0.682. The van der Waals surface area contributed by atoms with Gasteiger partial charge in [-0.25, -0.2) is 20.2 Å². The topological polar surface area (TPSA) is 56.3 Å². The van der Waals surface area contributed by atoms with Crippen LogP contribution < -0.4 is 10.4 Å². The number of hydrogen-bond acceptors (Lipinski definition) is 2. The van der Waals surface area contributed by atoms with Crippen LogP contribution in [0.15, 0.2) is 12.2 Å². The van der Waals surface area contributed by atoms with Gasteiger partial charge < -0.3 is 0 Å². The molecule has 0 saturated carbocycles. The van der Waals surface area contributed by atoms with Crippen LogP contribution in [-0.4, -0.2) is 0 Å². The van der Waals surface area contributed by atoms with E-state index in [9.17, 15) is 10.5 Å². The van der Waals surface area contributed by atoms with E-state index in [0.717, 1.165) is 22.3 Å². The highest BCUT2D eigenvalue weighted by atomic mass is 14.7. The van der Waals surface area contributed by atoms with Crippen LogP contribution in [0.1, 0.15) is 22.3 Å². The summed E-state index contributed by atoms with van der Waals surface area (Å²) in [6.07, 6.45) is 8.86. The molecule has 2 aliphatic carbocycles. The largest absolute Gasteiger partial charge is 0.269 e. The normalized spacial score (nSPS) is 15.8. The average Bonchev–Trinajstić information content (AvgIpc) is 3.19. The summed E-state index contributed by atoms with van der Waals surface area (Å²) < 4.78 is 0. The second-order valence-corrected chi connectivity index (χ2v) is 4.89. The maximum absolute atomic E-state index is 9.26. The molecule has 4 nitrogen and oxygen atoms in total. The minimum absolute atomic E-state index is 0.0654. The number of rotatable bonds is 0. The van der Waals surface area contributed by atoms with E-state index < -0.39 is 0 Å². The second kappa shape index (κ2) is 5.06. The fourth-order valence-corrected chi connectivity index (χ4v) is 3.09. The highest BCUT2D eigenvalue weighted by Crippen LogP contribution is 2.22. The molecular weight excluding hydrogens is 272 g/mol. The predicted molar refractivity (Wildman–Crippen MR) is 82.4 cm³/mol. The lowest BCUT2D eigenvalue weighted by atomic mass is 9.93. The molecule has 0 unspecified atom stereocenters. The van der Waals surface area contributed by atoms with Gasteiger partial charge in [-0.1, -0.05) is 24.3 Å². The van der Waals surface area contributed by atoms with Gasteiger partial charge in [-0.3, -0.25) is 0 Å². The minimum atomic E-state index is 0.0654. The number of nitriles is 2. The zero-order valence-electron chi connectivity index (χ0n) is 11.5. The van der Waals surface area contributed by atoms with Crippen LogP contribution in [0.3, 0.4) is 0 Å². The maximum Gasteiger partial charge on any atom is 0.269 e. The third kappa shape index (κ3) is 1.66. The Hall–Kier alpha value is -3.60. The lowest BCUT2D eigenvalue weighted by molar-refractivity contribution is 1.19. The Morgan fingerprint density at radius 3 is 1.59 bits per heavy atom. The molecule has 2 aliphatic rings. The van der Waals surface area contributed by atoms with Crippen molar-refractivity contribution in [3.05, 3.63) is 67.7 Å². The molecule has 0 spiro atoms. The molecule has 0 amide bonds. The smallest absolute Gasteiger partial charge is 0.226 e. The van der Waals surface area contributed by atoms with Crippen LogP contribution in [0, 0.1) is 35.8 Å². The van der Waals surface area contributed by atoms with E-state index in [1.807, 2.05) is 36.4 Å². The van der Waals surface area contributed by atoms with E-state index in [2.05, 4.69) is 9.69 Å². The Morgan fingerprint density at radius 2 is 1.27 bits per heavy atom. The van der Waals surface area contributed by atoms with Crippen molar-refractivity contribution >= 4 is 23.5 Å². The van der Waals surface area contributed by atoms with Gasteiger partial charge >= 0.3 is 0 Å². The van der Waals surface area contributed by atoms with Gasteiger partial charge in [0, 0.05) is 10.4 Å². The molecule has 0 N–H and O–H groups in total. The molecule has 0 radical (unpaired) electrons. The van der Waals surface area contributed by atoms with Crippen molar-refractivity contribution < 1.29 is 0 Å². The fourth-order valence-electron chi connectivity index (χ4n) is 3.09. The molecule has 0 fully saturated rings. The van der Waals surface area contributed by atoms with Crippen LogP contribution in [0.4, 0.5) is 0 Å². The molecule has 0 bridgehead atoms. The average molecular weight is 280 g/mol. The molecular formula is C18H8N4. The van der Waals surface area contributed by atoms with Crippen LogP contribution in [-0.2, 0) is 12.8 Å². The SMILES string of the molecule is [C-]#[N+]/C(C#N)=c1\c2c(/c(=C(/C#N)[N+]#[C-])c3c1CC=C3)CC=C2. The first kappa shape index (κ1) is 13.4. The van der Waals surface area contributed by atoms with Crippen molar-refractivity contribution in [3.8, 4) is 12.1 Å². The van der Waals surface area contributed by atoms with Gasteiger partial charge in [0.1, 0.15) is 0 Å². The molecule has 0 atom stereocenters. The third-order valence-corrected chi connectivity index (χ3v) is 3.91. The van der Waals surface area contributed by atoms with E-state index in [0.29, 0.717) is 23.3 Å². The van der Waals surface area contributed by atoms with E-state index in [-0.39, 0.29) is 11.4 Å². The predicted octanol–water partition coefficient (Wildman–Crippen LogP) is 1.93. The van der Waals surface area contributed by atoms with Crippen LogP contribution >= 0.6 is 0 Å². The first-order valence-corrected chi connectivity index (χ1v) is 6.61. The van der Waals surface area contributed by atoms with E-state index in [4.69, 9.17) is 13.1 Å². The lowest BCUT2D eigenvalue weighted by Gasteiger charge is -2.11. The van der Waals surface area contributed by atoms with Crippen molar-refractivity contribution in [3.63, 3.8) is 0 Å². The molecule has 1 aromatic carbocycles. The molecule has 100 valence electrons. The molecule has 0 aromatic heterocycles. The Kier molecular flexibility index (Phi) is 3.08. The number of allylic oxidation sites excluding steroid dienone is 2. The van der Waals surface area contributed by atoms with Crippen LogP contribution in [0.2, 0.25) is 0 Å². The second-order valence-electron chi connectivity index (χ2n) is 4.89. The van der Waals surface area contributed by atoms with Crippen molar-refractivity contribution in [2.75, 3.05) is 0 Å². The first-order valence-electron chi connectivity index (χ1n) is 6.61. The molecule has 1 aromatic rings. The highest BCUT2D eigenvalue weighted by molar-refractivity contribution is 5.81. The molecule has 3 rings (SSSR count). The number of benzene rings is 1. The van der Waals surface area contributed by atoms with Gasteiger partial charge in [-0.15, -0.1) is 0 Å². The molecule has 0 heterocycles. The summed E-state index contributed by atoms with van der Waals surface area (Å²) in [6, 6.07) is 3.95. The summed E-state index contributed by atoms with van der Waals surface area (Å²) >= 11 is 0. The maximum atomic E-state index is 9.26. The molecule has 22 heavy (non-hydrogen) atoms. The Balaban J connectivity index is 2.70. The molecule has 0 aliphatic heterocycles. The lowest BCUT2D eigenvalue weighted by Crippen LogP contribution is -2.27. The monoisotopic (exact) mass is 280 g/mol. The summed E-state index contributed by atoms with van der Waals surface area (Å²) in [5.41, 5.74) is 3.47. The fraction of sp³-hybridized carbons (Fsp3) is 0.111. The van der Waals surface area contributed by atoms with E-state index in [1.165, 1.54) is 0 Å². The van der Waals surface area contributed by atoms with Crippen LogP contribution in [0.5, 0.6) is 0 Å². The minimum Gasteiger partial charge on any atom is -0.226 e. The van der Waals surface area contributed by atoms with Gasteiger partial charge in [-0.05, 0) is 35.1 Å². The first-order chi connectivity index (χ1) is 10.8. The summed E-state index contributed by atoms with van der Waals surface area (Å²) in [4.78, 5) is 6.72.